The Morgan fingerprint density at radius 1 is 0.938 bits per heavy atom. The van der Waals surface area contributed by atoms with Crippen molar-refractivity contribution in [2.75, 3.05) is 0 Å². The number of allylic oxidation sites excluding steroid dienone is 2. The molecule has 1 heteroatoms. The number of rotatable bonds is 1. The van der Waals surface area contributed by atoms with Crippen LogP contribution in [0.1, 0.15) is 24.4 Å². The summed E-state index contributed by atoms with van der Waals surface area (Å²) in [6.45, 7) is 0. The summed E-state index contributed by atoms with van der Waals surface area (Å²) in [5.41, 5.74) is 1.42. The molecule has 1 heterocycles. The summed E-state index contributed by atoms with van der Waals surface area (Å²) in [7, 11) is 0. The number of piperidine rings is 1. The highest BCUT2D eigenvalue weighted by Crippen LogP contribution is 2.31. The van der Waals surface area contributed by atoms with Gasteiger partial charge in [0.25, 0.3) is 0 Å². The standard InChI is InChI=1S/C15H17N/c1-2-6-12(7-3-1)15-11-10-13-8-4-5-9-14(13)16-15/h1-9,13-16H,10-11H2. The van der Waals surface area contributed by atoms with E-state index in [1.807, 2.05) is 0 Å². The molecule has 3 atom stereocenters. The third kappa shape index (κ3) is 1.83. The molecule has 1 aliphatic heterocycles. The van der Waals surface area contributed by atoms with Crippen LogP contribution in [-0.2, 0) is 0 Å². The van der Waals surface area contributed by atoms with Crippen LogP contribution in [0.25, 0.3) is 0 Å². The van der Waals surface area contributed by atoms with Crippen molar-refractivity contribution in [3.63, 3.8) is 0 Å². The predicted molar refractivity (Wildman–Crippen MR) is 67.1 cm³/mol. The van der Waals surface area contributed by atoms with Crippen LogP contribution in [0.15, 0.2) is 54.6 Å². The maximum atomic E-state index is 3.73. The van der Waals surface area contributed by atoms with Gasteiger partial charge in [0, 0.05) is 12.1 Å². The van der Waals surface area contributed by atoms with Gasteiger partial charge in [0.1, 0.15) is 0 Å². The van der Waals surface area contributed by atoms with Crippen molar-refractivity contribution in [1.82, 2.24) is 5.32 Å². The summed E-state index contributed by atoms with van der Waals surface area (Å²) in [4.78, 5) is 0. The van der Waals surface area contributed by atoms with Crippen LogP contribution in [-0.4, -0.2) is 6.04 Å². The zero-order valence-corrected chi connectivity index (χ0v) is 9.34. The zero-order chi connectivity index (χ0) is 10.8. The van der Waals surface area contributed by atoms with Crippen molar-refractivity contribution < 1.29 is 0 Å². The van der Waals surface area contributed by atoms with Gasteiger partial charge in [-0.1, -0.05) is 54.6 Å². The second kappa shape index (κ2) is 4.26. The molecule has 0 bridgehead atoms. The SMILES string of the molecule is C1=CC2CCC(c3ccccc3)NC2C=C1. The summed E-state index contributed by atoms with van der Waals surface area (Å²) in [5.74, 6) is 0.699. The average molecular weight is 211 g/mol. The Kier molecular flexibility index (Phi) is 2.63. The summed E-state index contributed by atoms with van der Waals surface area (Å²) >= 11 is 0. The minimum absolute atomic E-state index is 0.526. The van der Waals surface area contributed by atoms with Crippen LogP contribution in [0.3, 0.4) is 0 Å². The molecule has 0 aromatic heterocycles. The Labute approximate surface area is 96.9 Å². The molecular weight excluding hydrogens is 194 g/mol. The lowest BCUT2D eigenvalue weighted by atomic mass is 9.83. The summed E-state index contributed by atoms with van der Waals surface area (Å²) in [6.07, 6.45) is 11.5. The molecule has 0 spiro atoms. The lowest BCUT2D eigenvalue weighted by Crippen LogP contribution is -2.41. The van der Waals surface area contributed by atoms with Crippen molar-refractivity contribution in [3.05, 3.63) is 60.2 Å². The molecule has 2 aliphatic rings. The van der Waals surface area contributed by atoms with Gasteiger partial charge in [0.15, 0.2) is 0 Å². The van der Waals surface area contributed by atoms with E-state index in [1.54, 1.807) is 0 Å². The van der Waals surface area contributed by atoms with E-state index >= 15 is 0 Å². The largest absolute Gasteiger partial charge is 0.303 e. The monoisotopic (exact) mass is 211 g/mol. The highest BCUT2D eigenvalue weighted by atomic mass is 15.0. The van der Waals surface area contributed by atoms with Gasteiger partial charge in [-0.15, -0.1) is 0 Å². The lowest BCUT2D eigenvalue weighted by Gasteiger charge is -2.36. The smallest absolute Gasteiger partial charge is 0.0326 e. The van der Waals surface area contributed by atoms with Gasteiger partial charge in [0.05, 0.1) is 0 Å². The van der Waals surface area contributed by atoms with E-state index in [1.165, 1.54) is 18.4 Å². The van der Waals surface area contributed by atoms with Crippen LogP contribution in [0.4, 0.5) is 0 Å². The highest BCUT2D eigenvalue weighted by molar-refractivity contribution is 5.24. The second-order valence-electron chi connectivity index (χ2n) is 4.67. The summed E-state index contributed by atoms with van der Waals surface area (Å²) in [5, 5.41) is 3.73. The van der Waals surface area contributed by atoms with Crippen molar-refractivity contribution in [2.24, 2.45) is 5.92 Å². The fraction of sp³-hybridized carbons (Fsp3) is 0.333. The van der Waals surface area contributed by atoms with Gasteiger partial charge in [-0.05, 0) is 24.3 Å². The van der Waals surface area contributed by atoms with E-state index in [-0.39, 0.29) is 0 Å². The van der Waals surface area contributed by atoms with E-state index in [2.05, 4.69) is 60.0 Å². The molecular formula is C15H17N. The van der Waals surface area contributed by atoms with Crippen LogP contribution in [0, 0.1) is 5.92 Å². The first-order valence-electron chi connectivity index (χ1n) is 6.09. The van der Waals surface area contributed by atoms with Gasteiger partial charge >= 0.3 is 0 Å². The number of hydrogen-bond acceptors (Lipinski definition) is 1. The van der Waals surface area contributed by atoms with Crippen LogP contribution in [0.2, 0.25) is 0 Å². The van der Waals surface area contributed by atoms with Crippen molar-refractivity contribution in [2.45, 2.75) is 24.9 Å². The fourth-order valence-electron chi connectivity index (χ4n) is 2.73. The first kappa shape index (κ1) is 9.86. The normalized spacial score (nSPS) is 32.4. The molecule has 1 aromatic carbocycles. The number of fused-ring (bicyclic) bond motifs is 1. The molecule has 3 unspecified atom stereocenters. The van der Waals surface area contributed by atoms with Gasteiger partial charge in [-0.25, -0.2) is 0 Å². The molecule has 1 fully saturated rings. The van der Waals surface area contributed by atoms with Gasteiger partial charge in [-0.3, -0.25) is 0 Å². The minimum Gasteiger partial charge on any atom is -0.303 e. The van der Waals surface area contributed by atoms with Crippen molar-refractivity contribution >= 4 is 0 Å². The van der Waals surface area contributed by atoms with Gasteiger partial charge in [0.2, 0.25) is 0 Å². The molecule has 0 saturated carbocycles. The number of benzene rings is 1. The van der Waals surface area contributed by atoms with Crippen LogP contribution >= 0.6 is 0 Å². The Morgan fingerprint density at radius 2 is 1.75 bits per heavy atom. The molecule has 1 nitrogen and oxygen atoms in total. The average Bonchev–Trinajstić information content (AvgIpc) is 2.39. The molecule has 1 aromatic rings. The third-order valence-electron chi connectivity index (χ3n) is 3.63. The topological polar surface area (TPSA) is 12.0 Å². The fourth-order valence-corrected chi connectivity index (χ4v) is 2.73. The van der Waals surface area contributed by atoms with Gasteiger partial charge < -0.3 is 5.32 Å². The van der Waals surface area contributed by atoms with E-state index in [9.17, 15) is 0 Å². The Bertz CT molecular complexity index is 405. The maximum Gasteiger partial charge on any atom is 0.0326 e. The molecule has 1 saturated heterocycles. The zero-order valence-electron chi connectivity index (χ0n) is 9.34. The molecule has 0 radical (unpaired) electrons. The van der Waals surface area contributed by atoms with Crippen molar-refractivity contribution in [1.29, 1.82) is 0 Å². The Morgan fingerprint density at radius 3 is 2.62 bits per heavy atom. The molecule has 3 rings (SSSR count). The first-order chi connectivity index (χ1) is 7.93. The van der Waals surface area contributed by atoms with E-state index in [0.717, 1.165) is 0 Å². The molecule has 82 valence electrons. The first-order valence-corrected chi connectivity index (χ1v) is 6.09. The number of hydrogen-bond donors (Lipinski definition) is 1. The van der Waals surface area contributed by atoms with Crippen molar-refractivity contribution in [3.8, 4) is 0 Å². The number of nitrogens with one attached hydrogen (secondary N) is 1. The Balaban J connectivity index is 1.76. The molecule has 1 aliphatic carbocycles. The molecule has 1 N–H and O–H groups in total. The summed E-state index contributed by atoms with van der Waals surface area (Å²) in [6, 6.07) is 11.8. The third-order valence-corrected chi connectivity index (χ3v) is 3.63. The van der Waals surface area contributed by atoms with Crippen LogP contribution in [0.5, 0.6) is 0 Å². The predicted octanol–water partition coefficient (Wildman–Crippen LogP) is 3.22. The quantitative estimate of drug-likeness (QED) is 0.752. The summed E-state index contributed by atoms with van der Waals surface area (Å²) < 4.78 is 0. The van der Waals surface area contributed by atoms with Gasteiger partial charge in [-0.2, -0.15) is 0 Å². The van der Waals surface area contributed by atoms with E-state index in [0.29, 0.717) is 18.0 Å². The second-order valence-corrected chi connectivity index (χ2v) is 4.67. The maximum absolute atomic E-state index is 3.73. The minimum atomic E-state index is 0.526. The molecule has 16 heavy (non-hydrogen) atoms. The van der Waals surface area contributed by atoms with Crippen LogP contribution < -0.4 is 5.32 Å². The Hall–Kier alpha value is -1.34. The van der Waals surface area contributed by atoms with E-state index in [4.69, 9.17) is 0 Å². The molecule has 0 amide bonds. The lowest BCUT2D eigenvalue weighted by molar-refractivity contribution is 0.303. The highest BCUT2D eigenvalue weighted by Gasteiger charge is 2.27. The van der Waals surface area contributed by atoms with E-state index < -0.39 is 0 Å².